The number of ether oxygens (including phenoxy) is 1. The molecule has 3 rings (SSSR count). The molecule has 1 aliphatic carbocycles. The molecule has 0 aromatic carbocycles. The third-order valence-corrected chi connectivity index (χ3v) is 5.42. The first-order chi connectivity index (χ1) is 4.86. The van der Waals surface area contributed by atoms with Gasteiger partial charge in [-0.1, -0.05) is 6.08 Å². The van der Waals surface area contributed by atoms with Crippen LogP contribution in [0, 0.1) is 0 Å². The Bertz CT molecular complexity index is 216. The molecule has 10 heavy (non-hydrogen) atoms. The van der Waals surface area contributed by atoms with Crippen LogP contribution in [-0.4, -0.2) is 27.8 Å². The van der Waals surface area contributed by atoms with Gasteiger partial charge in [0.05, 0.1) is 5.25 Å². The molecule has 3 heteroatoms. The van der Waals surface area contributed by atoms with Crippen molar-refractivity contribution in [2.75, 3.05) is 7.11 Å². The van der Waals surface area contributed by atoms with Gasteiger partial charge in [-0.25, -0.2) is 0 Å². The van der Waals surface area contributed by atoms with E-state index >= 15 is 0 Å². The smallest absolute Gasteiger partial charge is 0.145 e. The van der Waals surface area contributed by atoms with Crippen LogP contribution in [0.2, 0.25) is 0 Å². The van der Waals surface area contributed by atoms with Crippen molar-refractivity contribution in [3.8, 4) is 0 Å². The van der Waals surface area contributed by atoms with Crippen molar-refractivity contribution in [1.29, 1.82) is 0 Å². The molecule has 0 saturated carbocycles. The molecular weight excluding hydrogens is 164 g/mol. The molecule has 4 atom stereocenters. The van der Waals surface area contributed by atoms with E-state index in [0.29, 0.717) is 0 Å². The van der Waals surface area contributed by atoms with Gasteiger partial charge in [-0.05, 0) is 6.08 Å². The van der Waals surface area contributed by atoms with Crippen molar-refractivity contribution in [3.05, 3.63) is 12.2 Å². The number of thioether (sulfide) groups is 2. The van der Waals surface area contributed by atoms with Crippen LogP contribution in [0.25, 0.3) is 0 Å². The zero-order valence-corrected chi connectivity index (χ0v) is 7.24. The summed E-state index contributed by atoms with van der Waals surface area (Å²) in [5.74, 6) is 0. The van der Waals surface area contributed by atoms with Crippen molar-refractivity contribution in [2.45, 2.75) is 20.7 Å². The third kappa shape index (κ3) is 0.570. The van der Waals surface area contributed by atoms with Gasteiger partial charge in [0.15, 0.2) is 0 Å². The highest BCUT2D eigenvalue weighted by molar-refractivity contribution is 8.13. The minimum Gasteiger partial charge on any atom is -0.363 e. The van der Waals surface area contributed by atoms with Crippen molar-refractivity contribution in [2.24, 2.45) is 0 Å². The molecule has 2 fully saturated rings. The second kappa shape index (κ2) is 1.59. The highest BCUT2D eigenvalue weighted by atomic mass is 32.2. The highest BCUT2D eigenvalue weighted by Crippen LogP contribution is 2.68. The molecule has 0 radical (unpaired) electrons. The molecular formula is C7H8OS2. The highest BCUT2D eigenvalue weighted by Gasteiger charge is 2.67. The molecule has 54 valence electrons. The van der Waals surface area contributed by atoms with Crippen LogP contribution in [-0.2, 0) is 4.74 Å². The van der Waals surface area contributed by atoms with Crippen LogP contribution in [0.5, 0.6) is 0 Å². The maximum atomic E-state index is 5.41. The molecule has 2 aliphatic heterocycles. The lowest BCUT2D eigenvalue weighted by molar-refractivity contribution is 0.136. The van der Waals surface area contributed by atoms with E-state index in [1.165, 1.54) is 0 Å². The first-order valence-corrected chi connectivity index (χ1v) is 5.26. The van der Waals surface area contributed by atoms with Gasteiger partial charge in [0, 0.05) is 17.6 Å². The van der Waals surface area contributed by atoms with Crippen LogP contribution in [0.4, 0.5) is 0 Å². The summed E-state index contributed by atoms with van der Waals surface area (Å²) in [6.45, 7) is 0. The molecule has 4 unspecified atom stereocenters. The fourth-order valence-corrected chi connectivity index (χ4v) is 4.38. The lowest BCUT2D eigenvalue weighted by Gasteiger charge is -2.09. The Morgan fingerprint density at radius 1 is 1.60 bits per heavy atom. The van der Waals surface area contributed by atoms with E-state index in [1.807, 2.05) is 18.9 Å². The summed E-state index contributed by atoms with van der Waals surface area (Å²) in [7, 11) is 1.81. The zero-order valence-electron chi connectivity index (χ0n) is 5.61. The quantitative estimate of drug-likeness (QED) is 0.438. The molecule has 0 N–H and O–H groups in total. The van der Waals surface area contributed by atoms with E-state index in [1.54, 1.807) is 0 Å². The van der Waals surface area contributed by atoms with Crippen LogP contribution in [0.3, 0.4) is 0 Å². The predicted octanol–water partition coefficient (Wildman–Crippen LogP) is 1.50. The molecule has 0 aromatic heterocycles. The summed E-state index contributed by atoms with van der Waals surface area (Å²) >= 11 is 4.04. The first kappa shape index (κ1) is 5.98. The minimum atomic E-state index is 0.116. The van der Waals surface area contributed by atoms with Gasteiger partial charge in [-0.15, -0.1) is 23.5 Å². The summed E-state index contributed by atoms with van der Waals surface area (Å²) < 4.78 is 5.41. The first-order valence-electron chi connectivity index (χ1n) is 3.43. The Hall–Kier alpha value is 0.400. The van der Waals surface area contributed by atoms with E-state index in [9.17, 15) is 0 Å². The van der Waals surface area contributed by atoms with Gasteiger partial charge >= 0.3 is 0 Å². The van der Waals surface area contributed by atoms with E-state index in [-0.39, 0.29) is 4.93 Å². The topological polar surface area (TPSA) is 9.23 Å². The van der Waals surface area contributed by atoms with Crippen LogP contribution >= 0.6 is 23.5 Å². The number of hydrogen-bond acceptors (Lipinski definition) is 3. The van der Waals surface area contributed by atoms with E-state index in [2.05, 4.69) is 23.9 Å². The molecule has 0 aromatic rings. The Balaban J connectivity index is 1.95. The molecule has 2 saturated heterocycles. The van der Waals surface area contributed by atoms with Gasteiger partial charge in [-0.3, -0.25) is 0 Å². The Kier molecular flexibility index (Phi) is 0.953. The number of fused-ring (bicyclic) bond motifs is 3. The maximum Gasteiger partial charge on any atom is 0.145 e. The van der Waals surface area contributed by atoms with Crippen LogP contribution in [0.15, 0.2) is 12.2 Å². The summed E-state index contributed by atoms with van der Waals surface area (Å²) in [6, 6.07) is 0. The number of hydrogen-bond donors (Lipinski definition) is 0. The SMILES string of the molecule is COC12C=CC3SC3C1S2. The summed E-state index contributed by atoms with van der Waals surface area (Å²) in [6.07, 6.45) is 4.54. The van der Waals surface area contributed by atoms with Gasteiger partial charge in [0.2, 0.25) is 0 Å². The van der Waals surface area contributed by atoms with Gasteiger partial charge in [-0.2, -0.15) is 0 Å². The normalized spacial score (nSPS) is 61.1. The lowest BCUT2D eigenvalue weighted by Crippen LogP contribution is -2.21. The minimum absolute atomic E-state index is 0.116. The van der Waals surface area contributed by atoms with E-state index in [4.69, 9.17) is 4.74 Å². The molecule has 0 amide bonds. The van der Waals surface area contributed by atoms with E-state index in [0.717, 1.165) is 15.7 Å². The van der Waals surface area contributed by atoms with Crippen molar-refractivity contribution >= 4 is 23.5 Å². The van der Waals surface area contributed by atoms with Gasteiger partial charge < -0.3 is 4.74 Å². The maximum absolute atomic E-state index is 5.41. The largest absolute Gasteiger partial charge is 0.363 e. The molecule has 3 aliphatic rings. The summed E-state index contributed by atoms with van der Waals surface area (Å²) in [5, 5.41) is 2.50. The van der Waals surface area contributed by atoms with Crippen molar-refractivity contribution < 1.29 is 4.74 Å². The molecule has 0 spiro atoms. The van der Waals surface area contributed by atoms with Crippen LogP contribution in [0.1, 0.15) is 0 Å². The van der Waals surface area contributed by atoms with Gasteiger partial charge in [0.1, 0.15) is 4.93 Å². The molecule has 2 heterocycles. The number of methoxy groups -OCH3 is 1. The van der Waals surface area contributed by atoms with Crippen molar-refractivity contribution in [1.82, 2.24) is 0 Å². The number of rotatable bonds is 1. The monoisotopic (exact) mass is 172 g/mol. The Morgan fingerprint density at radius 2 is 2.50 bits per heavy atom. The Labute approximate surface area is 68.6 Å². The molecule has 1 nitrogen and oxygen atoms in total. The van der Waals surface area contributed by atoms with Crippen LogP contribution < -0.4 is 0 Å². The average Bonchev–Trinajstić information content (AvgIpc) is 2.82. The summed E-state index contributed by atoms with van der Waals surface area (Å²) in [4.78, 5) is 0.116. The third-order valence-electron chi connectivity index (χ3n) is 2.35. The molecule has 0 bridgehead atoms. The lowest BCUT2D eigenvalue weighted by atomic mass is 10.1. The summed E-state index contributed by atoms with van der Waals surface area (Å²) in [5.41, 5.74) is 0. The second-order valence-corrected chi connectivity index (χ2v) is 5.63. The van der Waals surface area contributed by atoms with Crippen molar-refractivity contribution in [3.63, 3.8) is 0 Å². The zero-order chi connectivity index (χ0) is 6.77. The van der Waals surface area contributed by atoms with E-state index < -0.39 is 0 Å². The second-order valence-electron chi connectivity index (χ2n) is 2.89. The average molecular weight is 172 g/mol. The standard InChI is InChI=1S/C7H8OS2/c1-8-7-3-2-4-5(9-4)6(7)10-7/h2-6H,1H3. The Morgan fingerprint density at radius 3 is 3.30 bits per heavy atom. The van der Waals surface area contributed by atoms with Gasteiger partial charge in [0.25, 0.3) is 0 Å². The predicted molar refractivity (Wildman–Crippen MR) is 45.4 cm³/mol. The fraction of sp³-hybridized carbons (Fsp3) is 0.714. The fourth-order valence-electron chi connectivity index (χ4n) is 1.59.